The van der Waals surface area contributed by atoms with Crippen LogP contribution in [0.25, 0.3) is 35.4 Å². The Morgan fingerprint density at radius 2 is 1.56 bits per heavy atom. The predicted octanol–water partition coefficient (Wildman–Crippen LogP) is 6.45. The number of hydrogen-bond acceptors (Lipinski definition) is 2. The van der Waals surface area contributed by atoms with E-state index < -0.39 is 11.6 Å². The van der Waals surface area contributed by atoms with E-state index in [1.807, 2.05) is 60.7 Å². The summed E-state index contributed by atoms with van der Waals surface area (Å²) < 4.78 is 32.3. The second kappa shape index (κ2) is 7.38. The molecule has 0 radical (unpaired) electrons. The van der Waals surface area contributed by atoms with Crippen LogP contribution < -0.4 is 0 Å². The molecule has 0 N–H and O–H groups in total. The van der Waals surface area contributed by atoms with Gasteiger partial charge in [0.1, 0.15) is 17.2 Å². The highest BCUT2D eigenvalue weighted by Crippen LogP contribution is 2.21. The Bertz CT molecular complexity index is 1140. The van der Waals surface area contributed by atoms with Crippen LogP contribution in [0, 0.1) is 11.6 Å². The first kappa shape index (κ1) is 16.9. The van der Waals surface area contributed by atoms with E-state index >= 15 is 0 Å². The van der Waals surface area contributed by atoms with Gasteiger partial charge in [0.15, 0.2) is 5.58 Å². The van der Waals surface area contributed by atoms with Crippen molar-refractivity contribution in [3.05, 3.63) is 101 Å². The molecule has 0 saturated heterocycles. The summed E-state index contributed by atoms with van der Waals surface area (Å²) in [4.78, 5) is 4.41. The van der Waals surface area contributed by atoms with Gasteiger partial charge < -0.3 is 4.42 Å². The van der Waals surface area contributed by atoms with E-state index in [9.17, 15) is 8.78 Å². The smallest absolute Gasteiger partial charge is 0.220 e. The van der Waals surface area contributed by atoms with Gasteiger partial charge in [-0.2, -0.15) is 0 Å². The molecule has 3 aromatic carbocycles. The van der Waals surface area contributed by atoms with Crippen LogP contribution in [0.15, 0.2) is 71.1 Å². The van der Waals surface area contributed by atoms with Gasteiger partial charge in [-0.05, 0) is 41.5 Å². The van der Waals surface area contributed by atoms with Crippen molar-refractivity contribution in [2.45, 2.75) is 0 Å². The number of hydrogen-bond donors (Lipinski definition) is 0. The molecule has 1 aromatic heterocycles. The molecule has 0 spiro atoms. The lowest BCUT2D eigenvalue weighted by Gasteiger charge is -1.95. The van der Waals surface area contributed by atoms with Crippen LogP contribution >= 0.6 is 0 Å². The van der Waals surface area contributed by atoms with E-state index in [1.54, 1.807) is 6.08 Å². The topological polar surface area (TPSA) is 26.0 Å². The van der Waals surface area contributed by atoms with Crippen LogP contribution in [0.5, 0.6) is 0 Å². The van der Waals surface area contributed by atoms with Crippen molar-refractivity contribution in [3.8, 4) is 0 Å². The van der Waals surface area contributed by atoms with Crippen LogP contribution in [0.3, 0.4) is 0 Å². The SMILES string of the molecule is Fc1ccc(/C=C/c2nc3cc(/C=C/c4ccccc4)ccc3o2)c(F)c1. The van der Waals surface area contributed by atoms with Crippen molar-refractivity contribution >= 4 is 35.4 Å². The highest BCUT2D eigenvalue weighted by Gasteiger charge is 2.05. The highest BCUT2D eigenvalue weighted by atomic mass is 19.1. The van der Waals surface area contributed by atoms with Crippen LogP contribution in [0.4, 0.5) is 8.78 Å². The molecule has 4 aromatic rings. The average molecular weight is 359 g/mol. The van der Waals surface area contributed by atoms with Gasteiger partial charge in [-0.15, -0.1) is 0 Å². The van der Waals surface area contributed by atoms with E-state index in [1.165, 1.54) is 18.2 Å². The number of fused-ring (bicyclic) bond motifs is 1. The quantitative estimate of drug-likeness (QED) is 0.392. The van der Waals surface area contributed by atoms with E-state index in [0.717, 1.165) is 17.2 Å². The van der Waals surface area contributed by atoms with Crippen LogP contribution in [0.2, 0.25) is 0 Å². The maximum Gasteiger partial charge on any atom is 0.220 e. The van der Waals surface area contributed by atoms with Gasteiger partial charge in [0, 0.05) is 17.7 Å². The third-order valence-corrected chi connectivity index (χ3v) is 4.06. The summed E-state index contributed by atoms with van der Waals surface area (Å²) in [5, 5.41) is 0. The molecule has 2 nitrogen and oxygen atoms in total. The summed E-state index contributed by atoms with van der Waals surface area (Å²) in [5.74, 6) is -0.879. The van der Waals surface area contributed by atoms with Gasteiger partial charge in [0.25, 0.3) is 0 Å². The minimum Gasteiger partial charge on any atom is -0.437 e. The molecule has 0 amide bonds. The molecule has 0 fully saturated rings. The fourth-order valence-electron chi connectivity index (χ4n) is 2.69. The number of nitrogens with zero attached hydrogens (tertiary/aromatic N) is 1. The van der Waals surface area contributed by atoms with Crippen molar-refractivity contribution in [3.63, 3.8) is 0 Å². The summed E-state index contributed by atoms with van der Waals surface area (Å²) in [6.07, 6.45) is 7.11. The second-order valence-electron chi connectivity index (χ2n) is 6.02. The molecule has 132 valence electrons. The third-order valence-electron chi connectivity index (χ3n) is 4.06. The van der Waals surface area contributed by atoms with Crippen molar-refractivity contribution in [2.75, 3.05) is 0 Å². The molecule has 0 aliphatic carbocycles. The van der Waals surface area contributed by atoms with Crippen LogP contribution in [0.1, 0.15) is 22.6 Å². The number of oxazole rings is 1. The molecular formula is C23H15F2NO. The Balaban J connectivity index is 1.57. The van der Waals surface area contributed by atoms with Gasteiger partial charge in [-0.1, -0.05) is 48.6 Å². The average Bonchev–Trinajstić information content (AvgIpc) is 3.08. The zero-order valence-electron chi connectivity index (χ0n) is 14.3. The molecule has 0 atom stereocenters. The van der Waals surface area contributed by atoms with E-state index in [2.05, 4.69) is 4.98 Å². The molecule has 0 aliphatic rings. The number of benzene rings is 3. The molecule has 0 bridgehead atoms. The van der Waals surface area contributed by atoms with E-state index in [4.69, 9.17) is 4.42 Å². The first-order chi connectivity index (χ1) is 13.2. The molecule has 27 heavy (non-hydrogen) atoms. The van der Waals surface area contributed by atoms with Crippen molar-refractivity contribution in [1.82, 2.24) is 4.98 Å². The molecule has 4 rings (SSSR count). The highest BCUT2D eigenvalue weighted by molar-refractivity contribution is 5.81. The van der Waals surface area contributed by atoms with Gasteiger partial charge in [-0.25, -0.2) is 13.8 Å². The first-order valence-electron chi connectivity index (χ1n) is 8.44. The fourth-order valence-corrected chi connectivity index (χ4v) is 2.69. The Hall–Kier alpha value is -3.53. The van der Waals surface area contributed by atoms with Crippen molar-refractivity contribution in [1.29, 1.82) is 0 Å². The lowest BCUT2D eigenvalue weighted by atomic mass is 10.1. The van der Waals surface area contributed by atoms with Crippen molar-refractivity contribution in [2.24, 2.45) is 0 Å². The first-order valence-corrected chi connectivity index (χ1v) is 8.44. The Morgan fingerprint density at radius 3 is 2.37 bits per heavy atom. The zero-order chi connectivity index (χ0) is 18.6. The molecule has 0 saturated carbocycles. The van der Waals surface area contributed by atoms with Gasteiger partial charge >= 0.3 is 0 Å². The summed E-state index contributed by atoms with van der Waals surface area (Å²) in [6.45, 7) is 0. The van der Waals surface area contributed by atoms with E-state index in [-0.39, 0.29) is 5.56 Å². The fraction of sp³-hybridized carbons (Fsp3) is 0. The molecule has 1 heterocycles. The summed E-state index contributed by atoms with van der Waals surface area (Å²) in [6, 6.07) is 19.2. The number of rotatable bonds is 4. The summed E-state index contributed by atoms with van der Waals surface area (Å²) in [5.41, 5.74) is 3.74. The maximum atomic E-state index is 13.7. The standard InChI is InChI=1S/C23H15F2NO/c24-19-11-9-18(20(25)15-19)10-13-23-26-21-14-17(8-12-22(21)27-23)7-6-16-4-2-1-3-5-16/h1-15H/b7-6+,13-10+. The lowest BCUT2D eigenvalue weighted by molar-refractivity contribution is 0.581. The monoisotopic (exact) mass is 359 g/mol. The largest absolute Gasteiger partial charge is 0.437 e. The zero-order valence-corrected chi connectivity index (χ0v) is 14.3. The summed E-state index contributed by atoms with van der Waals surface area (Å²) in [7, 11) is 0. The Morgan fingerprint density at radius 1 is 0.741 bits per heavy atom. The minimum absolute atomic E-state index is 0.269. The third kappa shape index (κ3) is 4.01. The van der Waals surface area contributed by atoms with Gasteiger partial charge in [0.05, 0.1) is 0 Å². The predicted molar refractivity (Wildman–Crippen MR) is 105 cm³/mol. The van der Waals surface area contributed by atoms with Crippen LogP contribution in [-0.4, -0.2) is 4.98 Å². The molecular weight excluding hydrogens is 344 g/mol. The normalized spacial score (nSPS) is 11.8. The van der Waals surface area contributed by atoms with Crippen molar-refractivity contribution < 1.29 is 13.2 Å². The minimum atomic E-state index is -0.629. The number of halogens is 2. The van der Waals surface area contributed by atoms with Gasteiger partial charge in [0.2, 0.25) is 5.89 Å². The molecule has 0 aliphatic heterocycles. The Kier molecular flexibility index (Phi) is 4.62. The maximum absolute atomic E-state index is 13.7. The van der Waals surface area contributed by atoms with Gasteiger partial charge in [-0.3, -0.25) is 0 Å². The lowest BCUT2D eigenvalue weighted by Crippen LogP contribution is -1.83. The second-order valence-corrected chi connectivity index (χ2v) is 6.02. The number of aromatic nitrogens is 1. The van der Waals surface area contributed by atoms with E-state index in [0.29, 0.717) is 17.0 Å². The Labute approximate surface area is 155 Å². The van der Waals surface area contributed by atoms with Crippen LogP contribution in [-0.2, 0) is 0 Å². The summed E-state index contributed by atoms with van der Waals surface area (Å²) >= 11 is 0. The molecule has 4 heteroatoms. The molecule has 0 unspecified atom stereocenters.